The van der Waals surface area contributed by atoms with Crippen molar-refractivity contribution in [1.82, 2.24) is 25.8 Å². The quantitative estimate of drug-likeness (QED) is 0.0308. The van der Waals surface area contributed by atoms with Crippen molar-refractivity contribution in [2.75, 3.05) is 32.5 Å². The van der Waals surface area contributed by atoms with Crippen LogP contribution in [0, 0.1) is 17.3 Å². The first-order valence-electron chi connectivity index (χ1n) is 31.3. The van der Waals surface area contributed by atoms with Crippen LogP contribution in [0.5, 0.6) is 17.2 Å². The van der Waals surface area contributed by atoms with Gasteiger partial charge in [-0.1, -0.05) is 254 Å². The van der Waals surface area contributed by atoms with Gasteiger partial charge in [-0.25, -0.2) is 0 Å². The van der Waals surface area contributed by atoms with E-state index in [0.29, 0.717) is 36.9 Å². The molecule has 88 heavy (non-hydrogen) atoms. The molecule has 1 fully saturated rings. The Morgan fingerprint density at radius 1 is 0.489 bits per heavy atom. The fraction of sp³-hybridized carbons (Fsp3) is 0.400. The summed E-state index contributed by atoms with van der Waals surface area (Å²) in [5, 5.41) is 50.9. The Morgan fingerprint density at radius 3 is 1.25 bits per heavy atom. The van der Waals surface area contributed by atoms with Gasteiger partial charge in [0.15, 0.2) is 8.07 Å². The van der Waals surface area contributed by atoms with E-state index in [-0.39, 0.29) is 63.9 Å². The Labute approximate surface area is 527 Å². The number of phenols is 3. The molecule has 3 amide bonds. The molecule has 3 atom stereocenters. The van der Waals surface area contributed by atoms with Crippen LogP contribution in [0.1, 0.15) is 131 Å². The molecule has 13 heteroatoms. The summed E-state index contributed by atoms with van der Waals surface area (Å²) in [5.74, 6) is 1.34. The van der Waals surface area contributed by atoms with E-state index in [1.54, 1.807) is 19.0 Å². The Bertz CT molecular complexity index is 3230. The molecule has 0 saturated carbocycles. The lowest BCUT2D eigenvalue weighted by Gasteiger charge is -2.35. The van der Waals surface area contributed by atoms with E-state index < -0.39 is 8.07 Å². The average Bonchev–Trinajstić information content (AvgIpc) is 0.996. The maximum Gasteiger partial charge on any atom is 0.241 e. The Kier molecular flexibility index (Phi) is 24.6. The highest BCUT2D eigenvalue weighted by atomic mass is 28.3. The summed E-state index contributed by atoms with van der Waals surface area (Å²) in [6, 6.07) is 58.0. The molecule has 7 N–H and O–H groups in total. The lowest BCUT2D eigenvalue weighted by Crippen LogP contribution is -2.74. The van der Waals surface area contributed by atoms with Crippen LogP contribution < -0.4 is 42.0 Å². The third-order valence-corrected chi connectivity index (χ3v) is 21.2. The lowest BCUT2D eigenvalue weighted by atomic mass is 9.84. The van der Waals surface area contributed by atoms with E-state index in [2.05, 4.69) is 162 Å². The van der Waals surface area contributed by atoms with E-state index in [1.807, 2.05) is 131 Å². The predicted octanol–water partition coefficient (Wildman–Crippen LogP) is 11.2. The van der Waals surface area contributed by atoms with Crippen LogP contribution >= 0.6 is 0 Å². The molecule has 0 spiro atoms. The molecule has 0 radical (unpaired) electrons. The molecule has 7 aromatic carbocycles. The molecule has 1 aliphatic heterocycles. The van der Waals surface area contributed by atoms with Crippen LogP contribution in [-0.2, 0) is 44.8 Å². The van der Waals surface area contributed by atoms with Crippen LogP contribution in [-0.4, -0.2) is 96.2 Å². The van der Waals surface area contributed by atoms with Gasteiger partial charge in [0.2, 0.25) is 17.7 Å². The second-order valence-electron chi connectivity index (χ2n) is 27.3. The molecule has 0 bridgehead atoms. The van der Waals surface area contributed by atoms with E-state index in [1.165, 1.54) is 15.6 Å². The number of phenolic OH excluding ortho intramolecular Hbond substituents is 3. The minimum absolute atomic E-state index is 0.0453. The van der Waals surface area contributed by atoms with Crippen LogP contribution in [0.2, 0.25) is 0 Å². The zero-order valence-corrected chi connectivity index (χ0v) is 56.0. The van der Waals surface area contributed by atoms with Gasteiger partial charge in [-0.15, -0.1) is 0 Å². The maximum atomic E-state index is 13.3. The Hall–Kier alpha value is -7.55. The number of carbonyl (C=O) groups excluding carboxylic acids is 3. The van der Waals surface area contributed by atoms with E-state index >= 15 is 0 Å². The number of hydrogen-bond donors (Lipinski definition) is 7. The second-order valence-corrected chi connectivity index (χ2v) is 31.1. The summed E-state index contributed by atoms with van der Waals surface area (Å²) in [7, 11) is 0.679. The van der Waals surface area contributed by atoms with Crippen LogP contribution in [0.25, 0.3) is 0 Å². The van der Waals surface area contributed by atoms with Gasteiger partial charge in [0.25, 0.3) is 0 Å². The number of likely N-dealkylation sites (tertiary alicyclic amines) is 1. The molecule has 8 rings (SSSR count). The van der Waals surface area contributed by atoms with E-state index in [0.717, 1.165) is 64.6 Å². The second kappa shape index (κ2) is 31.1. The molecule has 0 aromatic heterocycles. The smallest absolute Gasteiger partial charge is 0.241 e. The van der Waals surface area contributed by atoms with Gasteiger partial charge in [-0.05, 0) is 84.9 Å². The van der Waals surface area contributed by atoms with E-state index in [4.69, 9.17) is 0 Å². The van der Waals surface area contributed by atoms with Crippen molar-refractivity contribution in [3.05, 3.63) is 204 Å². The minimum atomic E-state index is -2.85. The maximum absolute atomic E-state index is 13.3. The number of nitrogens with zero attached hydrogens (tertiary/aromatic N) is 2. The fourth-order valence-electron chi connectivity index (χ4n) is 11.5. The summed E-state index contributed by atoms with van der Waals surface area (Å²) < 4.78 is 0. The number of anilines is 1. The van der Waals surface area contributed by atoms with Gasteiger partial charge in [0.1, 0.15) is 17.2 Å². The van der Waals surface area contributed by atoms with Crippen molar-refractivity contribution in [3.8, 4) is 17.2 Å². The normalized spacial score (nSPS) is 13.8. The highest BCUT2D eigenvalue weighted by Gasteiger charge is 2.44. The summed E-state index contributed by atoms with van der Waals surface area (Å²) >= 11 is 0. The largest absolute Gasteiger partial charge is 0.508 e. The molecule has 470 valence electrons. The van der Waals surface area contributed by atoms with Gasteiger partial charge >= 0.3 is 0 Å². The van der Waals surface area contributed by atoms with Crippen molar-refractivity contribution in [1.29, 1.82) is 0 Å². The van der Waals surface area contributed by atoms with Gasteiger partial charge in [-0.2, -0.15) is 0 Å². The molecule has 12 nitrogen and oxygen atoms in total. The van der Waals surface area contributed by atoms with Crippen LogP contribution in [0.4, 0.5) is 5.69 Å². The van der Waals surface area contributed by atoms with Crippen LogP contribution in [0.15, 0.2) is 176 Å². The van der Waals surface area contributed by atoms with Crippen molar-refractivity contribution in [2.24, 2.45) is 17.3 Å². The number of rotatable bonds is 19. The van der Waals surface area contributed by atoms with Crippen molar-refractivity contribution < 1.29 is 29.7 Å². The third kappa shape index (κ3) is 17.8. The molecule has 1 aliphatic rings. The van der Waals surface area contributed by atoms with Gasteiger partial charge in [0.05, 0.1) is 18.1 Å². The summed E-state index contributed by atoms with van der Waals surface area (Å²) in [4.78, 5) is 41.9. The fourth-order valence-corrected chi connectivity index (χ4v) is 16.4. The number of benzene rings is 7. The zero-order chi connectivity index (χ0) is 64.6. The molecule has 0 aliphatic carbocycles. The van der Waals surface area contributed by atoms with E-state index in [9.17, 15) is 29.7 Å². The third-order valence-electron chi connectivity index (χ3n) is 16.4. The monoisotopic (exact) mass is 1210 g/mol. The number of para-hydroxylation sites is 4. The Morgan fingerprint density at radius 2 is 0.864 bits per heavy atom. The molecular formula is C75H100N6O6Si. The van der Waals surface area contributed by atoms with Gasteiger partial charge in [0, 0.05) is 69.2 Å². The predicted molar refractivity (Wildman–Crippen MR) is 366 cm³/mol. The first-order chi connectivity index (χ1) is 41.6. The lowest BCUT2D eigenvalue weighted by molar-refractivity contribution is -0.134. The average molecular weight is 1210 g/mol. The topological polar surface area (TPSA) is 166 Å². The highest BCUT2D eigenvalue weighted by Crippen LogP contribution is 2.35. The SMILES string of the molecule is CC(C)[C@H](NCc1cccc(C(C)(C)C)c1O)C(=O)Nc1ccccc1.CC(C)[C@H](NCc1cccc([Si](c2ccccc2)(c2ccccc2)c2ccccc2)c1O)C(=O)N1CCCC1.CN(C)C(=O)[C@@H](NCc1cccc(C(C)(C)C)c1O)C(C)(C)C. The zero-order valence-electron chi connectivity index (χ0n) is 55.0. The number of aromatic hydroxyl groups is 3. The van der Waals surface area contributed by atoms with Gasteiger partial charge in [-0.3, -0.25) is 14.4 Å². The van der Waals surface area contributed by atoms with Crippen LogP contribution in [0.3, 0.4) is 0 Å². The minimum Gasteiger partial charge on any atom is -0.508 e. The number of carbonyl (C=O) groups is 3. The summed E-state index contributed by atoms with van der Waals surface area (Å²) in [5.41, 5.74) is 4.57. The van der Waals surface area contributed by atoms with Crippen molar-refractivity contribution in [2.45, 2.75) is 151 Å². The number of likely N-dealkylation sites (N-methyl/N-ethyl adjacent to an activating group) is 1. The van der Waals surface area contributed by atoms with Crippen molar-refractivity contribution in [3.63, 3.8) is 0 Å². The van der Waals surface area contributed by atoms with Crippen molar-refractivity contribution >= 4 is 52.2 Å². The molecular weight excluding hydrogens is 1110 g/mol. The number of hydrogen-bond acceptors (Lipinski definition) is 9. The first-order valence-corrected chi connectivity index (χ1v) is 33.3. The summed E-state index contributed by atoms with van der Waals surface area (Å²) in [6.07, 6.45) is 2.15. The number of nitrogens with one attached hydrogen (secondary N) is 4. The molecule has 7 aromatic rings. The molecule has 1 heterocycles. The molecule has 0 unspecified atom stereocenters. The number of amides is 3. The highest BCUT2D eigenvalue weighted by molar-refractivity contribution is 7.20. The molecule has 1 saturated heterocycles. The standard InChI is InChI=1S/C34H38N2O2Si.C22H30N2O2.C19H32N2O2/c1-26(2)32(34(38)36-23-12-13-24-36)35-25-27-15-14-22-31(33(27)37)39(28-16-6-3-7-17-28,29-18-8-4-9-19-29)30-20-10-5-11-21-30;1-15(2)19(21(26)24-17-11-7-6-8-12-17)23-14-16-10-9-13-18(20(16)25)22(3,4)5;1-18(2,3)14-11-9-10-13(15(14)22)12-20-16(19(4,5)6)17(23)21(7)8/h3-11,14-22,26,32,35,37H,12-13,23-25H2,1-2H3;6-13,15,19,23,25H,14H2,1-5H3,(H,24,26);9-11,16,20,22H,12H2,1-8H3/t32-;19-;16-/m001/s1. The summed E-state index contributed by atoms with van der Waals surface area (Å²) in [6.45, 7) is 29.7. The van der Waals surface area contributed by atoms with Gasteiger partial charge < -0.3 is 46.4 Å². The Balaban J connectivity index is 0.000000221. The first kappa shape index (κ1) is 69.5.